The summed E-state index contributed by atoms with van der Waals surface area (Å²) in [5.74, 6) is 2.32. The smallest absolute Gasteiger partial charge is 0.223 e. The van der Waals surface area contributed by atoms with Gasteiger partial charge in [-0.05, 0) is 68.3 Å². The van der Waals surface area contributed by atoms with E-state index in [-0.39, 0.29) is 17.9 Å². The zero-order valence-corrected chi connectivity index (χ0v) is 18.4. The number of carbonyl (C=O) groups is 1. The van der Waals surface area contributed by atoms with E-state index in [0.29, 0.717) is 16.5 Å². The molecule has 1 N–H and O–H groups in total. The molecular weight excluding hydrogens is 428 g/mol. The number of halogens is 1. The van der Waals surface area contributed by atoms with E-state index in [9.17, 15) is 4.79 Å². The summed E-state index contributed by atoms with van der Waals surface area (Å²) in [7, 11) is 0. The number of nitrogens with one attached hydrogen (secondary N) is 1. The van der Waals surface area contributed by atoms with Gasteiger partial charge in [-0.2, -0.15) is 4.52 Å². The summed E-state index contributed by atoms with van der Waals surface area (Å²) in [5.41, 5.74) is 1.58. The second-order valence-electron chi connectivity index (χ2n) is 8.00. The first-order valence-corrected chi connectivity index (χ1v) is 11.0. The fraction of sp³-hybridized carbons (Fsp3) is 0.304. The van der Waals surface area contributed by atoms with Crippen LogP contribution in [0.2, 0.25) is 5.02 Å². The molecule has 0 radical (unpaired) electrons. The van der Waals surface area contributed by atoms with Gasteiger partial charge < -0.3 is 14.6 Å². The molecule has 1 saturated heterocycles. The van der Waals surface area contributed by atoms with Crippen LogP contribution in [0, 0.1) is 5.92 Å². The Bertz CT molecular complexity index is 1210. The van der Waals surface area contributed by atoms with Gasteiger partial charge in [-0.1, -0.05) is 11.6 Å². The Hall–Kier alpha value is -3.39. The molecule has 0 saturated carbocycles. The minimum absolute atomic E-state index is 0.0214. The van der Waals surface area contributed by atoms with Crippen LogP contribution < -0.4 is 10.2 Å². The van der Waals surface area contributed by atoms with Gasteiger partial charge in [0.2, 0.25) is 5.91 Å². The zero-order valence-electron chi connectivity index (χ0n) is 17.6. The Morgan fingerprint density at radius 2 is 1.91 bits per heavy atom. The van der Waals surface area contributed by atoms with Gasteiger partial charge >= 0.3 is 0 Å². The number of carbonyl (C=O) groups excluding carboxylic acids is 1. The molecule has 1 fully saturated rings. The zero-order chi connectivity index (χ0) is 22.1. The quantitative estimate of drug-likeness (QED) is 0.491. The van der Waals surface area contributed by atoms with Crippen LogP contribution in [0.25, 0.3) is 17.0 Å². The normalized spacial score (nSPS) is 15.8. The first-order chi connectivity index (χ1) is 15.6. The third-order valence-corrected chi connectivity index (χ3v) is 6.12. The van der Waals surface area contributed by atoms with E-state index in [1.165, 1.54) is 0 Å². The summed E-state index contributed by atoms with van der Waals surface area (Å²) in [6, 6.07) is 14.9. The summed E-state index contributed by atoms with van der Waals surface area (Å²) < 4.78 is 7.14. The number of rotatable bonds is 5. The highest BCUT2D eigenvalue weighted by molar-refractivity contribution is 6.30. The number of anilines is 1. The lowest BCUT2D eigenvalue weighted by Gasteiger charge is -2.32. The van der Waals surface area contributed by atoms with E-state index in [1.807, 2.05) is 55.5 Å². The topological polar surface area (TPSA) is 88.6 Å². The number of furan rings is 1. The van der Waals surface area contributed by atoms with E-state index in [2.05, 4.69) is 20.4 Å². The van der Waals surface area contributed by atoms with Gasteiger partial charge in [0, 0.05) is 29.6 Å². The van der Waals surface area contributed by atoms with E-state index in [1.54, 1.807) is 10.8 Å². The number of fused-ring (bicyclic) bond motifs is 1. The van der Waals surface area contributed by atoms with Gasteiger partial charge in [-0.3, -0.25) is 4.79 Å². The van der Waals surface area contributed by atoms with E-state index >= 15 is 0 Å². The molecule has 4 aromatic rings. The first-order valence-electron chi connectivity index (χ1n) is 10.7. The summed E-state index contributed by atoms with van der Waals surface area (Å²) >= 11 is 6.01. The number of benzene rings is 1. The van der Waals surface area contributed by atoms with Crippen molar-refractivity contribution in [1.82, 2.24) is 25.1 Å². The molecule has 0 spiro atoms. The molecule has 1 aliphatic rings. The van der Waals surface area contributed by atoms with Crippen LogP contribution in [0.4, 0.5) is 5.82 Å². The van der Waals surface area contributed by atoms with Crippen LogP contribution in [0.3, 0.4) is 0 Å². The van der Waals surface area contributed by atoms with Gasteiger partial charge in [-0.25, -0.2) is 0 Å². The van der Waals surface area contributed by atoms with Crippen LogP contribution in [-0.4, -0.2) is 38.8 Å². The minimum Gasteiger partial charge on any atom is -0.467 e. The van der Waals surface area contributed by atoms with Crippen molar-refractivity contribution < 1.29 is 9.21 Å². The molecule has 1 aromatic carbocycles. The second-order valence-corrected chi connectivity index (χ2v) is 8.44. The minimum atomic E-state index is -0.139. The van der Waals surface area contributed by atoms with Crippen molar-refractivity contribution in [2.75, 3.05) is 18.0 Å². The second kappa shape index (κ2) is 8.63. The maximum atomic E-state index is 12.7. The summed E-state index contributed by atoms with van der Waals surface area (Å²) in [5, 5.41) is 17.0. The molecule has 9 heteroatoms. The molecule has 1 aliphatic heterocycles. The molecule has 1 amide bonds. The van der Waals surface area contributed by atoms with E-state index in [0.717, 1.165) is 43.1 Å². The Balaban J connectivity index is 1.27. The molecular formula is C23H23ClN6O2. The number of nitrogens with zero attached hydrogens (tertiary/aromatic N) is 5. The third-order valence-electron chi connectivity index (χ3n) is 5.87. The number of piperidine rings is 1. The van der Waals surface area contributed by atoms with Gasteiger partial charge in [0.05, 0.1) is 12.3 Å². The summed E-state index contributed by atoms with van der Waals surface area (Å²) in [4.78, 5) is 14.9. The predicted molar refractivity (Wildman–Crippen MR) is 121 cm³/mol. The average molecular weight is 451 g/mol. The SMILES string of the molecule is C[C@H](NC(=O)C1CCN(c2ccc3nnc(-c4ccc(Cl)cc4)n3n2)CC1)c1ccco1. The number of hydrogen-bond acceptors (Lipinski definition) is 6. The van der Waals surface area contributed by atoms with Gasteiger partial charge in [0.1, 0.15) is 11.6 Å². The third kappa shape index (κ3) is 4.05. The Labute approximate surface area is 190 Å². The first kappa shape index (κ1) is 20.5. The number of hydrogen-bond donors (Lipinski definition) is 1. The van der Waals surface area contributed by atoms with E-state index < -0.39 is 0 Å². The average Bonchev–Trinajstić information content (AvgIpc) is 3.50. The Morgan fingerprint density at radius 3 is 2.62 bits per heavy atom. The fourth-order valence-electron chi connectivity index (χ4n) is 4.04. The van der Waals surface area contributed by atoms with Crippen molar-refractivity contribution in [3.05, 3.63) is 65.6 Å². The van der Waals surface area contributed by atoms with Gasteiger partial charge in [0.25, 0.3) is 0 Å². The summed E-state index contributed by atoms with van der Waals surface area (Å²) in [6.07, 6.45) is 3.15. The van der Waals surface area contributed by atoms with Crippen LogP contribution in [0.15, 0.2) is 59.2 Å². The number of amides is 1. The van der Waals surface area contributed by atoms with Gasteiger partial charge in [-0.15, -0.1) is 15.3 Å². The standard InChI is InChI=1S/C23H23ClN6O2/c1-15(19-3-2-14-32-19)25-23(31)17-10-12-29(13-11-17)21-9-8-20-26-27-22(30(20)28-21)16-4-6-18(24)7-5-16/h2-9,14-15,17H,10-13H2,1H3,(H,25,31)/t15-/m0/s1. The molecule has 3 aromatic heterocycles. The molecule has 0 aliphatic carbocycles. The van der Waals surface area contributed by atoms with Crippen molar-refractivity contribution in [1.29, 1.82) is 0 Å². The predicted octanol–water partition coefficient (Wildman–Crippen LogP) is 4.13. The lowest BCUT2D eigenvalue weighted by atomic mass is 9.95. The van der Waals surface area contributed by atoms with Crippen molar-refractivity contribution in [3.8, 4) is 11.4 Å². The maximum Gasteiger partial charge on any atom is 0.223 e. The van der Waals surface area contributed by atoms with Gasteiger partial charge in [0.15, 0.2) is 11.5 Å². The molecule has 0 bridgehead atoms. The highest BCUT2D eigenvalue weighted by Crippen LogP contribution is 2.25. The number of aromatic nitrogens is 4. The molecule has 8 nitrogen and oxygen atoms in total. The maximum absolute atomic E-state index is 12.7. The highest BCUT2D eigenvalue weighted by Gasteiger charge is 2.27. The van der Waals surface area contributed by atoms with Crippen LogP contribution >= 0.6 is 11.6 Å². The Morgan fingerprint density at radius 1 is 1.12 bits per heavy atom. The van der Waals surface area contributed by atoms with Crippen LogP contribution in [0.5, 0.6) is 0 Å². The van der Waals surface area contributed by atoms with E-state index in [4.69, 9.17) is 21.1 Å². The monoisotopic (exact) mass is 450 g/mol. The molecule has 1 atom stereocenters. The van der Waals surface area contributed by atoms with Crippen molar-refractivity contribution in [3.63, 3.8) is 0 Å². The largest absolute Gasteiger partial charge is 0.467 e. The Kier molecular flexibility index (Phi) is 5.53. The molecule has 164 valence electrons. The molecule has 32 heavy (non-hydrogen) atoms. The lowest BCUT2D eigenvalue weighted by Crippen LogP contribution is -2.41. The molecule has 4 heterocycles. The fourth-order valence-corrected chi connectivity index (χ4v) is 4.16. The van der Waals surface area contributed by atoms with Crippen LogP contribution in [-0.2, 0) is 4.79 Å². The van der Waals surface area contributed by atoms with Crippen molar-refractivity contribution in [2.24, 2.45) is 5.92 Å². The lowest BCUT2D eigenvalue weighted by molar-refractivity contribution is -0.126. The van der Waals surface area contributed by atoms with Crippen LogP contribution in [0.1, 0.15) is 31.6 Å². The van der Waals surface area contributed by atoms with Crippen molar-refractivity contribution in [2.45, 2.75) is 25.8 Å². The highest BCUT2D eigenvalue weighted by atomic mass is 35.5. The molecule has 5 rings (SSSR count). The molecule has 0 unspecified atom stereocenters. The van der Waals surface area contributed by atoms with Crippen molar-refractivity contribution >= 4 is 29.0 Å². The summed E-state index contributed by atoms with van der Waals surface area (Å²) in [6.45, 7) is 3.44.